The van der Waals surface area contributed by atoms with Gasteiger partial charge in [-0.05, 0) is 31.7 Å². The molecule has 4 nitrogen and oxygen atoms in total. The molecule has 0 aromatic carbocycles. The highest BCUT2D eigenvalue weighted by Crippen LogP contribution is 2.31. The quantitative estimate of drug-likeness (QED) is 0.799. The molecule has 2 fully saturated rings. The number of nitrogens with zero attached hydrogens (tertiary/aromatic N) is 1. The molecule has 0 aromatic heterocycles. The summed E-state index contributed by atoms with van der Waals surface area (Å²) in [5.74, 6) is 0. The van der Waals surface area contributed by atoms with Crippen LogP contribution in [-0.2, 0) is 9.47 Å². The minimum absolute atomic E-state index is 0.405. The molecule has 0 radical (unpaired) electrons. The average molecular weight is 256 g/mol. The predicted octanol–water partition coefficient (Wildman–Crippen LogP) is 1.11. The van der Waals surface area contributed by atoms with Crippen molar-refractivity contribution in [3.8, 4) is 0 Å². The Labute approximate surface area is 111 Å². The number of rotatable bonds is 5. The smallest absolute Gasteiger partial charge is 0.0700 e. The van der Waals surface area contributed by atoms with Crippen molar-refractivity contribution in [3.63, 3.8) is 0 Å². The van der Waals surface area contributed by atoms with Gasteiger partial charge in [0.2, 0.25) is 0 Å². The van der Waals surface area contributed by atoms with Gasteiger partial charge in [0.05, 0.1) is 12.7 Å². The van der Waals surface area contributed by atoms with Crippen molar-refractivity contribution >= 4 is 0 Å². The van der Waals surface area contributed by atoms with Gasteiger partial charge < -0.3 is 14.8 Å². The van der Waals surface area contributed by atoms with Crippen molar-refractivity contribution in [1.29, 1.82) is 0 Å². The lowest BCUT2D eigenvalue weighted by molar-refractivity contribution is -0.0596. The molecule has 2 heterocycles. The Hall–Kier alpha value is -0.160. The van der Waals surface area contributed by atoms with Gasteiger partial charge in [-0.1, -0.05) is 6.92 Å². The zero-order chi connectivity index (χ0) is 12.8. The molecule has 1 atom stereocenters. The van der Waals surface area contributed by atoms with Crippen molar-refractivity contribution in [2.24, 2.45) is 5.41 Å². The fourth-order valence-corrected chi connectivity index (χ4v) is 3.22. The van der Waals surface area contributed by atoms with Crippen LogP contribution in [0, 0.1) is 5.41 Å². The number of ether oxygens (including phenoxy) is 2. The third-order valence-corrected chi connectivity index (χ3v) is 4.34. The molecule has 1 unspecified atom stereocenters. The molecule has 0 amide bonds. The van der Waals surface area contributed by atoms with E-state index in [-0.39, 0.29) is 0 Å². The van der Waals surface area contributed by atoms with Crippen molar-refractivity contribution in [2.75, 3.05) is 53.0 Å². The lowest BCUT2D eigenvalue weighted by Gasteiger charge is -2.43. The van der Waals surface area contributed by atoms with E-state index in [1.807, 2.05) is 0 Å². The summed E-state index contributed by atoms with van der Waals surface area (Å²) in [6, 6.07) is 0. The van der Waals surface area contributed by atoms with Crippen LogP contribution in [0.4, 0.5) is 0 Å². The topological polar surface area (TPSA) is 33.7 Å². The Kier molecular flexibility index (Phi) is 5.42. The van der Waals surface area contributed by atoms with Gasteiger partial charge in [0.25, 0.3) is 0 Å². The SMILES string of the molecule is CCC1CN(CC2(CNC)CCOCC2)CCO1. The van der Waals surface area contributed by atoms with Crippen molar-refractivity contribution in [2.45, 2.75) is 32.3 Å². The van der Waals surface area contributed by atoms with Crippen LogP contribution in [0.2, 0.25) is 0 Å². The molecule has 1 N–H and O–H groups in total. The van der Waals surface area contributed by atoms with Crippen molar-refractivity contribution < 1.29 is 9.47 Å². The molecule has 18 heavy (non-hydrogen) atoms. The fraction of sp³-hybridized carbons (Fsp3) is 1.00. The van der Waals surface area contributed by atoms with Crippen LogP contribution >= 0.6 is 0 Å². The molecule has 2 aliphatic rings. The van der Waals surface area contributed by atoms with E-state index in [1.165, 1.54) is 19.4 Å². The number of nitrogens with one attached hydrogen (secondary N) is 1. The van der Waals surface area contributed by atoms with E-state index < -0.39 is 0 Å². The highest BCUT2D eigenvalue weighted by molar-refractivity contribution is 4.88. The van der Waals surface area contributed by atoms with E-state index in [1.54, 1.807) is 0 Å². The summed E-state index contributed by atoms with van der Waals surface area (Å²) in [5.41, 5.74) is 0.405. The summed E-state index contributed by atoms with van der Waals surface area (Å²) in [4.78, 5) is 2.60. The Bertz CT molecular complexity index is 236. The summed E-state index contributed by atoms with van der Waals surface area (Å²) in [6.45, 7) is 9.43. The van der Waals surface area contributed by atoms with Gasteiger partial charge >= 0.3 is 0 Å². The standard InChI is InChI=1S/C14H28N2O2/c1-3-13-10-16(6-9-18-13)12-14(11-15-2)4-7-17-8-5-14/h13,15H,3-12H2,1-2H3. The molecule has 4 heteroatoms. The third-order valence-electron chi connectivity index (χ3n) is 4.34. The van der Waals surface area contributed by atoms with Gasteiger partial charge in [-0.2, -0.15) is 0 Å². The molecule has 0 aliphatic carbocycles. The maximum atomic E-state index is 5.76. The summed E-state index contributed by atoms with van der Waals surface area (Å²) < 4.78 is 11.3. The van der Waals surface area contributed by atoms with Gasteiger partial charge in [-0.15, -0.1) is 0 Å². The lowest BCUT2D eigenvalue weighted by Crippen LogP contribution is -2.51. The summed E-state index contributed by atoms with van der Waals surface area (Å²) >= 11 is 0. The average Bonchev–Trinajstić information content (AvgIpc) is 2.40. The largest absolute Gasteiger partial charge is 0.381 e. The number of hydrogen-bond donors (Lipinski definition) is 1. The molecular weight excluding hydrogens is 228 g/mol. The minimum atomic E-state index is 0.405. The molecule has 106 valence electrons. The first-order valence-electron chi connectivity index (χ1n) is 7.34. The maximum absolute atomic E-state index is 5.76. The maximum Gasteiger partial charge on any atom is 0.0700 e. The zero-order valence-electron chi connectivity index (χ0n) is 11.9. The van der Waals surface area contributed by atoms with Gasteiger partial charge in [-0.25, -0.2) is 0 Å². The van der Waals surface area contributed by atoms with Crippen LogP contribution in [0.1, 0.15) is 26.2 Å². The Morgan fingerprint density at radius 3 is 2.72 bits per heavy atom. The lowest BCUT2D eigenvalue weighted by atomic mass is 9.79. The fourth-order valence-electron chi connectivity index (χ4n) is 3.22. The van der Waals surface area contributed by atoms with E-state index >= 15 is 0 Å². The summed E-state index contributed by atoms with van der Waals surface area (Å²) in [5, 5.41) is 3.38. The van der Waals surface area contributed by atoms with E-state index in [2.05, 4.69) is 24.2 Å². The van der Waals surface area contributed by atoms with Crippen LogP contribution in [-0.4, -0.2) is 64.1 Å². The number of hydrogen-bond acceptors (Lipinski definition) is 4. The van der Waals surface area contributed by atoms with E-state index in [0.717, 1.165) is 45.9 Å². The summed E-state index contributed by atoms with van der Waals surface area (Å²) in [6.07, 6.45) is 3.92. The second-order valence-corrected chi connectivity index (χ2v) is 5.78. The predicted molar refractivity (Wildman–Crippen MR) is 72.9 cm³/mol. The second kappa shape index (κ2) is 6.85. The molecular formula is C14H28N2O2. The Morgan fingerprint density at radius 2 is 2.06 bits per heavy atom. The monoisotopic (exact) mass is 256 g/mol. The highest BCUT2D eigenvalue weighted by atomic mass is 16.5. The van der Waals surface area contributed by atoms with Gasteiger partial charge in [0.1, 0.15) is 0 Å². The van der Waals surface area contributed by atoms with Gasteiger partial charge in [0.15, 0.2) is 0 Å². The van der Waals surface area contributed by atoms with E-state index in [0.29, 0.717) is 11.5 Å². The van der Waals surface area contributed by atoms with Crippen LogP contribution in [0.15, 0.2) is 0 Å². The molecule has 0 aromatic rings. The van der Waals surface area contributed by atoms with Gasteiger partial charge in [0, 0.05) is 39.4 Å². The van der Waals surface area contributed by atoms with Crippen molar-refractivity contribution in [3.05, 3.63) is 0 Å². The van der Waals surface area contributed by atoms with Crippen LogP contribution < -0.4 is 5.32 Å². The Balaban J connectivity index is 1.91. The molecule has 0 bridgehead atoms. The molecule has 2 rings (SSSR count). The normalized spacial score (nSPS) is 29.3. The van der Waals surface area contributed by atoms with Crippen LogP contribution in [0.25, 0.3) is 0 Å². The molecule has 0 saturated carbocycles. The molecule has 2 aliphatic heterocycles. The minimum Gasteiger partial charge on any atom is -0.381 e. The third kappa shape index (κ3) is 3.67. The van der Waals surface area contributed by atoms with Crippen molar-refractivity contribution in [1.82, 2.24) is 10.2 Å². The van der Waals surface area contributed by atoms with E-state index in [9.17, 15) is 0 Å². The highest BCUT2D eigenvalue weighted by Gasteiger charge is 2.35. The molecule has 2 saturated heterocycles. The van der Waals surface area contributed by atoms with Gasteiger partial charge in [-0.3, -0.25) is 4.90 Å². The first-order valence-corrected chi connectivity index (χ1v) is 7.34. The summed E-state index contributed by atoms with van der Waals surface area (Å²) in [7, 11) is 2.06. The first kappa shape index (κ1) is 14.3. The first-order chi connectivity index (χ1) is 8.78. The van der Waals surface area contributed by atoms with Crippen LogP contribution in [0.3, 0.4) is 0 Å². The Morgan fingerprint density at radius 1 is 1.28 bits per heavy atom. The number of morpholine rings is 1. The second-order valence-electron chi connectivity index (χ2n) is 5.78. The molecule has 0 spiro atoms. The van der Waals surface area contributed by atoms with Crippen LogP contribution in [0.5, 0.6) is 0 Å². The zero-order valence-corrected chi connectivity index (χ0v) is 11.9. The van der Waals surface area contributed by atoms with E-state index in [4.69, 9.17) is 9.47 Å².